The highest BCUT2D eigenvalue weighted by Crippen LogP contribution is 2.30. The van der Waals surface area contributed by atoms with Crippen LogP contribution in [0, 0.1) is 6.92 Å². The standard InChI is InChI=1S/C21H21Cl2N5/c1-12-8-9-18-14(10-12)13-4-2-7-19(20(13)26-18)27-28-21(24)25-11-15-16(22)5-3-6-17(15)23/h3,5-6,8-10,26H,2,4,7,11H2,1H3,(H3,24,25,28). The Morgan fingerprint density at radius 1 is 1.18 bits per heavy atom. The van der Waals surface area contributed by atoms with Gasteiger partial charge in [0.25, 0.3) is 0 Å². The number of hydrazone groups is 1. The first-order valence-corrected chi connectivity index (χ1v) is 9.95. The molecule has 1 heterocycles. The largest absolute Gasteiger partial charge is 0.369 e. The summed E-state index contributed by atoms with van der Waals surface area (Å²) in [5, 5.41) is 6.93. The van der Waals surface area contributed by atoms with Gasteiger partial charge in [0.1, 0.15) is 0 Å². The summed E-state index contributed by atoms with van der Waals surface area (Å²) in [5.74, 6) is 0.225. The van der Waals surface area contributed by atoms with Crippen molar-refractivity contribution in [1.82, 2.24) is 10.4 Å². The highest BCUT2D eigenvalue weighted by molar-refractivity contribution is 6.36. The third kappa shape index (κ3) is 3.73. The predicted molar refractivity (Wildman–Crippen MR) is 117 cm³/mol. The lowest BCUT2D eigenvalue weighted by atomic mass is 9.94. The molecule has 1 aliphatic rings. The van der Waals surface area contributed by atoms with E-state index in [-0.39, 0.29) is 5.96 Å². The Bertz CT molecular complexity index is 1080. The number of guanidine groups is 1. The van der Waals surface area contributed by atoms with E-state index in [1.54, 1.807) is 18.2 Å². The quantitative estimate of drug-likeness (QED) is 0.323. The number of rotatable bonds is 3. The fraction of sp³-hybridized carbons (Fsp3) is 0.238. The topological polar surface area (TPSA) is 78.6 Å². The number of aliphatic imine (C=N–C) groups is 1. The molecule has 1 aromatic heterocycles. The second kappa shape index (κ2) is 7.86. The maximum atomic E-state index is 6.17. The summed E-state index contributed by atoms with van der Waals surface area (Å²) >= 11 is 12.3. The number of fused-ring (bicyclic) bond motifs is 3. The van der Waals surface area contributed by atoms with E-state index in [2.05, 4.69) is 45.6 Å². The fourth-order valence-electron chi connectivity index (χ4n) is 3.54. The minimum absolute atomic E-state index is 0.225. The average molecular weight is 414 g/mol. The Hall–Kier alpha value is -2.50. The van der Waals surface area contributed by atoms with Crippen LogP contribution >= 0.6 is 23.2 Å². The average Bonchev–Trinajstić information content (AvgIpc) is 3.04. The van der Waals surface area contributed by atoms with E-state index in [4.69, 9.17) is 28.9 Å². The van der Waals surface area contributed by atoms with Gasteiger partial charge in [-0.1, -0.05) is 40.9 Å². The Labute approximate surface area is 173 Å². The van der Waals surface area contributed by atoms with Crippen LogP contribution in [0.1, 0.15) is 35.2 Å². The summed E-state index contributed by atoms with van der Waals surface area (Å²) < 4.78 is 0. The summed E-state index contributed by atoms with van der Waals surface area (Å²) in [7, 11) is 0. The molecule has 0 fully saturated rings. The maximum absolute atomic E-state index is 6.17. The van der Waals surface area contributed by atoms with Crippen molar-refractivity contribution in [2.45, 2.75) is 32.7 Å². The van der Waals surface area contributed by atoms with Gasteiger partial charge in [0.2, 0.25) is 5.96 Å². The van der Waals surface area contributed by atoms with Gasteiger partial charge in [-0.3, -0.25) is 0 Å². The maximum Gasteiger partial charge on any atom is 0.209 e. The van der Waals surface area contributed by atoms with E-state index < -0.39 is 0 Å². The number of aromatic nitrogens is 1. The molecule has 4 rings (SSSR count). The van der Waals surface area contributed by atoms with Crippen molar-refractivity contribution in [3.63, 3.8) is 0 Å². The molecule has 0 saturated heterocycles. The summed E-state index contributed by atoms with van der Waals surface area (Å²) in [6.07, 6.45) is 2.99. The van der Waals surface area contributed by atoms with Crippen LogP contribution in [0.25, 0.3) is 10.9 Å². The van der Waals surface area contributed by atoms with Crippen LogP contribution in [0.15, 0.2) is 46.5 Å². The van der Waals surface area contributed by atoms with Crippen LogP contribution in [0.5, 0.6) is 0 Å². The second-order valence-corrected chi connectivity index (χ2v) is 7.77. The minimum Gasteiger partial charge on any atom is -0.369 e. The van der Waals surface area contributed by atoms with Gasteiger partial charge in [0.05, 0.1) is 18.0 Å². The molecule has 0 saturated carbocycles. The first kappa shape index (κ1) is 18.8. The number of nitrogens with two attached hydrogens (primary N) is 1. The number of hydrogen-bond acceptors (Lipinski definition) is 2. The lowest BCUT2D eigenvalue weighted by Gasteiger charge is -2.14. The van der Waals surface area contributed by atoms with Crippen molar-refractivity contribution in [3.05, 3.63) is 68.8 Å². The molecule has 4 N–H and O–H groups in total. The monoisotopic (exact) mass is 413 g/mol. The van der Waals surface area contributed by atoms with E-state index in [1.807, 2.05) is 0 Å². The van der Waals surface area contributed by atoms with Crippen LogP contribution in [-0.4, -0.2) is 16.7 Å². The van der Waals surface area contributed by atoms with Crippen LogP contribution in [0.3, 0.4) is 0 Å². The molecule has 2 aromatic carbocycles. The third-order valence-corrected chi connectivity index (χ3v) is 5.67. The molecular weight excluding hydrogens is 393 g/mol. The molecule has 0 unspecified atom stereocenters. The van der Waals surface area contributed by atoms with Crippen molar-refractivity contribution in [2.75, 3.05) is 0 Å². The van der Waals surface area contributed by atoms with Crippen molar-refractivity contribution < 1.29 is 0 Å². The molecule has 7 heteroatoms. The van der Waals surface area contributed by atoms with E-state index in [1.165, 1.54) is 16.5 Å². The summed E-state index contributed by atoms with van der Waals surface area (Å²) in [6, 6.07) is 11.8. The number of hydrogen-bond donors (Lipinski definition) is 3. The van der Waals surface area contributed by atoms with Gasteiger partial charge in [-0.2, -0.15) is 5.10 Å². The SMILES string of the molecule is Cc1ccc2[nH]c3c(c2c1)CCCC3=NNC(N)=NCc1c(Cl)cccc1Cl. The Balaban J connectivity index is 1.55. The lowest BCUT2D eigenvalue weighted by molar-refractivity contribution is 0.827. The molecule has 28 heavy (non-hydrogen) atoms. The molecule has 0 aliphatic heterocycles. The Kier molecular flexibility index (Phi) is 5.29. The zero-order valence-corrected chi connectivity index (χ0v) is 17.0. The molecule has 1 aliphatic carbocycles. The molecule has 5 nitrogen and oxygen atoms in total. The predicted octanol–water partition coefficient (Wildman–Crippen LogP) is 4.93. The van der Waals surface area contributed by atoms with Crippen LogP contribution in [-0.2, 0) is 13.0 Å². The van der Waals surface area contributed by atoms with Crippen LogP contribution in [0.2, 0.25) is 10.0 Å². The van der Waals surface area contributed by atoms with Gasteiger partial charge in [0.15, 0.2) is 0 Å². The first-order chi connectivity index (χ1) is 13.5. The lowest BCUT2D eigenvalue weighted by Crippen LogP contribution is -2.29. The number of nitrogens with one attached hydrogen (secondary N) is 2. The normalized spacial score (nSPS) is 15.8. The summed E-state index contributed by atoms with van der Waals surface area (Å²) in [5.41, 5.74) is 15.4. The minimum atomic E-state index is 0.225. The second-order valence-electron chi connectivity index (χ2n) is 6.95. The van der Waals surface area contributed by atoms with Gasteiger partial charge in [0, 0.05) is 26.5 Å². The Morgan fingerprint density at radius 3 is 2.75 bits per heavy atom. The van der Waals surface area contributed by atoms with E-state index in [0.717, 1.165) is 41.7 Å². The van der Waals surface area contributed by atoms with Gasteiger partial charge < -0.3 is 10.7 Å². The van der Waals surface area contributed by atoms with E-state index in [9.17, 15) is 0 Å². The zero-order chi connectivity index (χ0) is 19.7. The molecule has 0 spiro atoms. The van der Waals surface area contributed by atoms with Crippen molar-refractivity contribution in [1.29, 1.82) is 0 Å². The van der Waals surface area contributed by atoms with Crippen molar-refractivity contribution in [2.24, 2.45) is 15.8 Å². The number of benzene rings is 2. The number of aromatic amines is 1. The number of nitrogens with zero attached hydrogens (tertiary/aromatic N) is 2. The van der Waals surface area contributed by atoms with Crippen molar-refractivity contribution in [3.8, 4) is 0 Å². The first-order valence-electron chi connectivity index (χ1n) is 9.20. The van der Waals surface area contributed by atoms with Crippen molar-refractivity contribution >= 4 is 45.8 Å². The van der Waals surface area contributed by atoms with Gasteiger partial charge in [-0.25, -0.2) is 10.4 Å². The number of aryl methyl sites for hydroxylation is 2. The molecule has 144 valence electrons. The fourth-order valence-corrected chi connectivity index (χ4v) is 4.06. The number of halogens is 2. The van der Waals surface area contributed by atoms with Crippen LogP contribution in [0.4, 0.5) is 0 Å². The van der Waals surface area contributed by atoms with Gasteiger partial charge in [-0.15, -0.1) is 0 Å². The van der Waals surface area contributed by atoms with E-state index >= 15 is 0 Å². The number of H-pyrrole nitrogens is 1. The molecule has 0 amide bonds. The van der Waals surface area contributed by atoms with E-state index in [0.29, 0.717) is 16.6 Å². The smallest absolute Gasteiger partial charge is 0.209 e. The highest BCUT2D eigenvalue weighted by atomic mass is 35.5. The summed E-state index contributed by atoms with van der Waals surface area (Å²) in [4.78, 5) is 7.81. The molecular formula is C21H21Cl2N5. The summed E-state index contributed by atoms with van der Waals surface area (Å²) in [6.45, 7) is 2.40. The van der Waals surface area contributed by atoms with Gasteiger partial charge in [-0.05, 0) is 56.0 Å². The molecule has 3 aromatic rings. The Morgan fingerprint density at radius 2 is 1.96 bits per heavy atom. The van der Waals surface area contributed by atoms with Crippen LogP contribution < -0.4 is 11.2 Å². The zero-order valence-electron chi connectivity index (χ0n) is 15.5. The van der Waals surface area contributed by atoms with Gasteiger partial charge >= 0.3 is 0 Å². The molecule has 0 atom stereocenters. The third-order valence-electron chi connectivity index (χ3n) is 4.97. The highest BCUT2D eigenvalue weighted by Gasteiger charge is 2.20. The molecule has 0 bridgehead atoms. The molecule has 0 radical (unpaired) electrons.